The molecule has 4 heteroatoms. The largest absolute Gasteiger partial charge is 0.508 e. The van der Waals surface area contributed by atoms with Crippen LogP contribution in [0.1, 0.15) is 20.8 Å². The fourth-order valence-electron chi connectivity index (χ4n) is 0.915. The zero-order valence-corrected chi connectivity index (χ0v) is 9.72. The van der Waals surface area contributed by atoms with Crippen LogP contribution in [0.15, 0.2) is 18.2 Å². The number of phenols is 1. The van der Waals surface area contributed by atoms with Crippen LogP contribution in [0.2, 0.25) is 5.02 Å². The zero-order chi connectivity index (χ0) is 11.6. The van der Waals surface area contributed by atoms with Gasteiger partial charge in [0, 0.05) is 11.5 Å². The smallest absolute Gasteiger partial charge is 0.229 e. The standard InChI is InChI=1S/C11H14ClNO2/c1-11(2,3)10(15)13-9-5-4-7(14)6-8(9)12/h4-6,14H,1-3H3,(H,13,15). The molecule has 0 saturated heterocycles. The van der Waals surface area contributed by atoms with E-state index in [0.29, 0.717) is 10.7 Å². The van der Waals surface area contributed by atoms with Crippen LogP contribution in [0.5, 0.6) is 5.75 Å². The second-order valence-corrected chi connectivity index (χ2v) is 4.78. The zero-order valence-electron chi connectivity index (χ0n) is 8.97. The molecule has 3 nitrogen and oxygen atoms in total. The van der Waals surface area contributed by atoms with Crippen molar-refractivity contribution in [3.63, 3.8) is 0 Å². The third-order valence-corrected chi connectivity index (χ3v) is 2.19. The summed E-state index contributed by atoms with van der Waals surface area (Å²) in [6.07, 6.45) is 0. The number of halogens is 1. The summed E-state index contributed by atoms with van der Waals surface area (Å²) >= 11 is 5.85. The van der Waals surface area contributed by atoms with Gasteiger partial charge < -0.3 is 10.4 Å². The van der Waals surface area contributed by atoms with Gasteiger partial charge in [-0.05, 0) is 12.1 Å². The topological polar surface area (TPSA) is 49.3 Å². The molecule has 0 spiro atoms. The number of carbonyl (C=O) groups excluding carboxylic acids is 1. The number of amides is 1. The van der Waals surface area contributed by atoms with E-state index in [2.05, 4.69) is 5.32 Å². The Morgan fingerprint density at radius 3 is 2.47 bits per heavy atom. The van der Waals surface area contributed by atoms with E-state index in [1.807, 2.05) is 20.8 Å². The summed E-state index contributed by atoms with van der Waals surface area (Å²) in [5.74, 6) is -0.0381. The highest BCUT2D eigenvalue weighted by Gasteiger charge is 2.21. The van der Waals surface area contributed by atoms with Crippen LogP contribution in [0, 0.1) is 5.41 Å². The van der Waals surface area contributed by atoms with E-state index in [1.54, 1.807) is 6.07 Å². The fraction of sp³-hybridized carbons (Fsp3) is 0.364. The lowest BCUT2D eigenvalue weighted by Crippen LogP contribution is -2.27. The van der Waals surface area contributed by atoms with Crippen molar-refractivity contribution in [1.82, 2.24) is 0 Å². The molecular weight excluding hydrogens is 214 g/mol. The Morgan fingerprint density at radius 2 is 2.00 bits per heavy atom. The van der Waals surface area contributed by atoms with E-state index in [9.17, 15) is 4.79 Å². The normalized spacial score (nSPS) is 11.2. The second-order valence-electron chi connectivity index (χ2n) is 4.37. The van der Waals surface area contributed by atoms with Gasteiger partial charge in [-0.2, -0.15) is 0 Å². The Bertz CT molecular complexity index is 383. The van der Waals surface area contributed by atoms with Crippen molar-refractivity contribution in [3.8, 4) is 5.75 Å². The van der Waals surface area contributed by atoms with Gasteiger partial charge in [0.15, 0.2) is 0 Å². The van der Waals surface area contributed by atoms with Crippen LogP contribution in [0.3, 0.4) is 0 Å². The molecule has 1 amide bonds. The summed E-state index contributed by atoms with van der Waals surface area (Å²) in [5.41, 5.74) is 0.0377. The van der Waals surface area contributed by atoms with Gasteiger partial charge >= 0.3 is 0 Å². The van der Waals surface area contributed by atoms with E-state index in [4.69, 9.17) is 16.7 Å². The Kier molecular flexibility index (Phi) is 3.25. The second kappa shape index (κ2) is 4.11. The van der Waals surface area contributed by atoms with Crippen LogP contribution in [0.25, 0.3) is 0 Å². The summed E-state index contributed by atoms with van der Waals surface area (Å²) in [6.45, 7) is 5.45. The van der Waals surface area contributed by atoms with Gasteiger partial charge in [0.05, 0.1) is 10.7 Å². The molecule has 0 radical (unpaired) electrons. The van der Waals surface area contributed by atoms with Crippen LogP contribution >= 0.6 is 11.6 Å². The van der Waals surface area contributed by atoms with E-state index in [1.165, 1.54) is 12.1 Å². The van der Waals surface area contributed by atoms with Gasteiger partial charge in [-0.1, -0.05) is 32.4 Å². The lowest BCUT2D eigenvalue weighted by atomic mass is 9.95. The predicted molar refractivity (Wildman–Crippen MR) is 61.2 cm³/mol. The third-order valence-electron chi connectivity index (χ3n) is 1.88. The van der Waals surface area contributed by atoms with Gasteiger partial charge in [-0.15, -0.1) is 0 Å². The molecule has 1 aromatic carbocycles. The molecule has 0 atom stereocenters. The van der Waals surface area contributed by atoms with Crippen molar-refractivity contribution >= 4 is 23.2 Å². The first-order chi connectivity index (χ1) is 6.80. The van der Waals surface area contributed by atoms with E-state index in [-0.39, 0.29) is 11.7 Å². The maximum Gasteiger partial charge on any atom is 0.229 e. The highest BCUT2D eigenvalue weighted by Crippen LogP contribution is 2.27. The number of aromatic hydroxyl groups is 1. The van der Waals surface area contributed by atoms with E-state index >= 15 is 0 Å². The average molecular weight is 228 g/mol. The van der Waals surface area contributed by atoms with E-state index in [0.717, 1.165) is 0 Å². The summed E-state index contributed by atoms with van der Waals surface area (Å²) in [5, 5.41) is 12.2. The number of benzene rings is 1. The minimum atomic E-state index is -0.471. The summed E-state index contributed by atoms with van der Waals surface area (Å²) < 4.78 is 0. The molecule has 15 heavy (non-hydrogen) atoms. The van der Waals surface area contributed by atoms with Crippen molar-refractivity contribution in [2.75, 3.05) is 5.32 Å². The molecule has 1 aromatic rings. The molecule has 1 rings (SSSR count). The number of anilines is 1. The first kappa shape index (κ1) is 11.9. The van der Waals surface area contributed by atoms with Crippen molar-refractivity contribution in [1.29, 1.82) is 0 Å². The molecule has 0 aliphatic rings. The Morgan fingerprint density at radius 1 is 1.40 bits per heavy atom. The van der Waals surface area contributed by atoms with Crippen molar-refractivity contribution in [3.05, 3.63) is 23.2 Å². The Balaban J connectivity index is 2.87. The predicted octanol–water partition coefficient (Wildman–Crippen LogP) is 3.03. The maximum atomic E-state index is 11.6. The van der Waals surface area contributed by atoms with Crippen molar-refractivity contribution in [2.45, 2.75) is 20.8 Å². The summed E-state index contributed by atoms with van der Waals surface area (Å²) in [7, 11) is 0. The number of phenolic OH excluding ortho intramolecular Hbond substituents is 1. The molecule has 0 aromatic heterocycles. The SMILES string of the molecule is CC(C)(C)C(=O)Nc1ccc(O)cc1Cl. The van der Waals surface area contributed by atoms with Gasteiger partial charge in [0.2, 0.25) is 5.91 Å². The minimum Gasteiger partial charge on any atom is -0.508 e. The van der Waals surface area contributed by atoms with Crippen molar-refractivity contribution < 1.29 is 9.90 Å². The van der Waals surface area contributed by atoms with Crippen LogP contribution < -0.4 is 5.32 Å². The third kappa shape index (κ3) is 3.13. The average Bonchev–Trinajstić information content (AvgIpc) is 2.08. The summed E-state index contributed by atoms with van der Waals surface area (Å²) in [4.78, 5) is 11.6. The van der Waals surface area contributed by atoms with Crippen LogP contribution in [-0.4, -0.2) is 11.0 Å². The number of nitrogens with one attached hydrogen (secondary N) is 1. The van der Waals surface area contributed by atoms with Crippen molar-refractivity contribution in [2.24, 2.45) is 5.41 Å². The lowest BCUT2D eigenvalue weighted by molar-refractivity contribution is -0.123. The molecule has 0 fully saturated rings. The molecule has 2 N–H and O–H groups in total. The van der Waals surface area contributed by atoms with Gasteiger partial charge in [0.1, 0.15) is 5.75 Å². The maximum absolute atomic E-state index is 11.6. The monoisotopic (exact) mass is 227 g/mol. The fourth-order valence-corrected chi connectivity index (χ4v) is 1.14. The number of rotatable bonds is 1. The Labute approximate surface area is 94.1 Å². The van der Waals surface area contributed by atoms with Gasteiger partial charge in [0.25, 0.3) is 0 Å². The van der Waals surface area contributed by atoms with E-state index < -0.39 is 5.41 Å². The highest BCUT2D eigenvalue weighted by molar-refractivity contribution is 6.33. The quantitative estimate of drug-likeness (QED) is 0.725. The molecule has 0 heterocycles. The minimum absolute atomic E-state index is 0.0776. The number of hydrogen-bond acceptors (Lipinski definition) is 2. The molecular formula is C11H14ClNO2. The molecule has 0 unspecified atom stereocenters. The first-order valence-corrected chi connectivity index (χ1v) is 4.98. The first-order valence-electron chi connectivity index (χ1n) is 4.60. The molecule has 0 aliphatic heterocycles. The van der Waals surface area contributed by atoms with Gasteiger partial charge in [-0.25, -0.2) is 0 Å². The lowest BCUT2D eigenvalue weighted by Gasteiger charge is -2.18. The van der Waals surface area contributed by atoms with Crippen LogP contribution in [0.4, 0.5) is 5.69 Å². The Hall–Kier alpha value is -1.22. The highest BCUT2D eigenvalue weighted by atomic mass is 35.5. The summed E-state index contributed by atoms with van der Waals surface area (Å²) in [6, 6.07) is 4.44. The number of carbonyl (C=O) groups is 1. The van der Waals surface area contributed by atoms with Crippen LogP contribution in [-0.2, 0) is 4.79 Å². The molecule has 0 saturated carbocycles. The molecule has 82 valence electrons. The number of hydrogen-bond donors (Lipinski definition) is 2. The molecule has 0 bridgehead atoms. The van der Waals surface area contributed by atoms with Gasteiger partial charge in [-0.3, -0.25) is 4.79 Å². The molecule has 0 aliphatic carbocycles.